The van der Waals surface area contributed by atoms with Crippen molar-refractivity contribution in [3.63, 3.8) is 0 Å². The molecule has 0 fully saturated rings. The highest BCUT2D eigenvalue weighted by atomic mass is 16.4. The van der Waals surface area contributed by atoms with Crippen LogP contribution >= 0.6 is 0 Å². The van der Waals surface area contributed by atoms with Gasteiger partial charge in [0.2, 0.25) is 0 Å². The highest BCUT2D eigenvalue weighted by Crippen LogP contribution is 2.32. The van der Waals surface area contributed by atoms with Crippen molar-refractivity contribution in [1.82, 2.24) is 19.1 Å². The lowest BCUT2D eigenvalue weighted by Crippen LogP contribution is -2.30. The summed E-state index contributed by atoms with van der Waals surface area (Å²) in [4.78, 5) is 33.4. The van der Waals surface area contributed by atoms with Crippen molar-refractivity contribution in [1.29, 1.82) is 0 Å². The number of aliphatic carboxylic acids is 1. The van der Waals surface area contributed by atoms with Gasteiger partial charge in [-0.15, -0.1) is 0 Å². The van der Waals surface area contributed by atoms with Crippen LogP contribution in [-0.2, 0) is 4.79 Å². The third-order valence-electron chi connectivity index (χ3n) is 6.28. The van der Waals surface area contributed by atoms with Gasteiger partial charge in [0.15, 0.2) is 5.65 Å². The van der Waals surface area contributed by atoms with E-state index in [2.05, 4.69) is 35.9 Å². The van der Waals surface area contributed by atoms with E-state index in [0.29, 0.717) is 12.1 Å². The number of nitrogens with zero attached hydrogens (tertiary/aromatic N) is 3. The van der Waals surface area contributed by atoms with Crippen LogP contribution in [0.2, 0.25) is 0 Å². The predicted molar refractivity (Wildman–Crippen MR) is 127 cm³/mol. The fourth-order valence-corrected chi connectivity index (χ4v) is 4.93. The number of pyridine rings is 1. The van der Waals surface area contributed by atoms with E-state index in [-0.39, 0.29) is 18.2 Å². The summed E-state index contributed by atoms with van der Waals surface area (Å²) in [6, 6.07) is 7.38. The Morgan fingerprint density at radius 2 is 1.94 bits per heavy atom. The lowest BCUT2D eigenvalue weighted by atomic mass is 10.0. The van der Waals surface area contributed by atoms with Crippen LogP contribution in [0.15, 0.2) is 35.3 Å². The molecule has 0 aliphatic rings. The number of aromatic nitrogens is 4. The molecule has 0 saturated carbocycles. The summed E-state index contributed by atoms with van der Waals surface area (Å²) in [7, 11) is 0. The predicted octanol–water partition coefficient (Wildman–Crippen LogP) is 5.03. The Bertz CT molecular complexity index is 1380. The second-order valence-corrected chi connectivity index (χ2v) is 8.78. The summed E-state index contributed by atoms with van der Waals surface area (Å²) in [5.41, 5.74) is 6.26. The van der Waals surface area contributed by atoms with Gasteiger partial charge in [-0.1, -0.05) is 19.4 Å². The lowest BCUT2D eigenvalue weighted by Gasteiger charge is -2.16. The van der Waals surface area contributed by atoms with Crippen molar-refractivity contribution in [2.75, 3.05) is 0 Å². The van der Waals surface area contributed by atoms with Crippen molar-refractivity contribution < 1.29 is 9.90 Å². The molecule has 7 nitrogen and oxygen atoms in total. The molecule has 0 amide bonds. The molecule has 168 valence electrons. The molecular formula is C25H30N4O3. The summed E-state index contributed by atoms with van der Waals surface area (Å²) < 4.78 is 3.36. The van der Waals surface area contributed by atoms with E-state index in [1.807, 2.05) is 39.1 Å². The number of rotatable bonds is 7. The van der Waals surface area contributed by atoms with E-state index in [1.54, 1.807) is 9.13 Å². The summed E-state index contributed by atoms with van der Waals surface area (Å²) in [5.74, 6) is -0.917. The normalized spacial score (nSPS) is 13.7. The van der Waals surface area contributed by atoms with Crippen molar-refractivity contribution in [3.05, 3.63) is 63.3 Å². The molecule has 1 aromatic carbocycles. The van der Waals surface area contributed by atoms with Gasteiger partial charge in [0.25, 0.3) is 0 Å². The van der Waals surface area contributed by atoms with E-state index >= 15 is 0 Å². The number of imidazole rings is 1. The molecule has 4 rings (SSSR count). The first-order chi connectivity index (χ1) is 15.2. The van der Waals surface area contributed by atoms with Crippen LogP contribution in [0.1, 0.15) is 67.6 Å². The number of benzene rings is 1. The first-order valence-electron chi connectivity index (χ1n) is 11.1. The minimum Gasteiger partial charge on any atom is -0.481 e. The topological polar surface area (TPSA) is 92.9 Å². The van der Waals surface area contributed by atoms with Crippen LogP contribution in [0.4, 0.5) is 0 Å². The molecule has 0 spiro atoms. The number of hydrogen-bond donors (Lipinski definition) is 2. The minimum atomic E-state index is -0.917. The molecule has 3 aromatic heterocycles. The van der Waals surface area contributed by atoms with Gasteiger partial charge in [0.1, 0.15) is 0 Å². The number of H-pyrrole nitrogens is 1. The third-order valence-corrected chi connectivity index (χ3v) is 6.28. The number of carboxylic acids is 1. The molecular weight excluding hydrogens is 404 g/mol. The maximum atomic E-state index is 13.8. The van der Waals surface area contributed by atoms with Crippen LogP contribution in [-0.4, -0.2) is 30.2 Å². The van der Waals surface area contributed by atoms with Gasteiger partial charge in [-0.25, -0.2) is 9.78 Å². The van der Waals surface area contributed by atoms with Crippen LogP contribution in [0.5, 0.6) is 0 Å². The number of nitrogens with one attached hydrogen (secondary N) is 1. The van der Waals surface area contributed by atoms with Gasteiger partial charge >= 0.3 is 11.7 Å². The summed E-state index contributed by atoms with van der Waals surface area (Å²) >= 11 is 0. The minimum absolute atomic E-state index is 0.109. The zero-order chi connectivity index (χ0) is 23.2. The van der Waals surface area contributed by atoms with E-state index in [4.69, 9.17) is 0 Å². The fourth-order valence-electron chi connectivity index (χ4n) is 4.93. The summed E-state index contributed by atoms with van der Waals surface area (Å²) in [6.07, 6.45) is 3.24. The van der Waals surface area contributed by atoms with Gasteiger partial charge in [-0.05, 0) is 63.4 Å². The Morgan fingerprint density at radius 1 is 1.19 bits per heavy atom. The van der Waals surface area contributed by atoms with E-state index in [0.717, 1.165) is 39.7 Å². The van der Waals surface area contributed by atoms with Crippen molar-refractivity contribution in [3.8, 4) is 0 Å². The van der Waals surface area contributed by atoms with Gasteiger partial charge in [0, 0.05) is 28.4 Å². The maximum Gasteiger partial charge on any atom is 0.331 e. The fraction of sp³-hybridized carbons (Fsp3) is 0.400. The van der Waals surface area contributed by atoms with Crippen LogP contribution in [0.3, 0.4) is 0 Å². The molecule has 0 radical (unpaired) electrons. The Balaban J connectivity index is 1.97. The van der Waals surface area contributed by atoms with Crippen LogP contribution in [0, 0.1) is 20.8 Å². The Hall–Kier alpha value is -3.35. The highest BCUT2D eigenvalue weighted by molar-refractivity contribution is 5.88. The number of aromatic amines is 1. The standard InChI is InChI=1S/C25H30N4O3/c1-6-7-18(12-22(30)31)29-24-21(9-8-16(4)27-24)28(25(29)32)17(5)19-13-26-20-11-14(2)10-15(3)23(19)20/h8-11,13,17-18,26H,6-7,12H2,1-5H3,(H,30,31). The monoisotopic (exact) mass is 434 g/mol. The smallest absolute Gasteiger partial charge is 0.331 e. The number of fused-ring (bicyclic) bond motifs is 2. The summed E-state index contributed by atoms with van der Waals surface area (Å²) in [5, 5.41) is 10.6. The molecule has 32 heavy (non-hydrogen) atoms. The van der Waals surface area contributed by atoms with Crippen LogP contribution in [0.25, 0.3) is 22.1 Å². The molecule has 0 bridgehead atoms. The number of hydrogen-bond acceptors (Lipinski definition) is 3. The van der Waals surface area contributed by atoms with Gasteiger partial charge in [-0.2, -0.15) is 0 Å². The zero-order valence-electron chi connectivity index (χ0n) is 19.3. The SMILES string of the molecule is CCCC(CC(=O)O)n1c(=O)n(C(C)c2c[nH]c3cc(C)cc(C)c23)c2ccc(C)nc21. The molecule has 7 heteroatoms. The first-order valence-corrected chi connectivity index (χ1v) is 11.1. The first kappa shape index (κ1) is 21.9. The maximum absolute atomic E-state index is 13.8. The van der Waals surface area contributed by atoms with E-state index in [1.165, 1.54) is 5.56 Å². The van der Waals surface area contributed by atoms with Gasteiger partial charge in [0.05, 0.1) is 24.0 Å². The zero-order valence-corrected chi connectivity index (χ0v) is 19.3. The molecule has 0 aliphatic heterocycles. The third kappa shape index (κ3) is 3.61. The average Bonchev–Trinajstić information content (AvgIpc) is 3.25. The molecule has 2 N–H and O–H groups in total. The van der Waals surface area contributed by atoms with Crippen molar-refractivity contribution >= 4 is 28.0 Å². The van der Waals surface area contributed by atoms with Crippen molar-refractivity contribution in [2.45, 2.75) is 66.0 Å². The largest absolute Gasteiger partial charge is 0.481 e. The van der Waals surface area contributed by atoms with Crippen LogP contribution < -0.4 is 5.69 Å². The molecule has 3 heterocycles. The van der Waals surface area contributed by atoms with Crippen molar-refractivity contribution in [2.24, 2.45) is 0 Å². The Morgan fingerprint density at radius 3 is 2.62 bits per heavy atom. The van der Waals surface area contributed by atoms with Gasteiger partial charge < -0.3 is 10.1 Å². The van der Waals surface area contributed by atoms with E-state index in [9.17, 15) is 14.7 Å². The quantitative estimate of drug-likeness (QED) is 0.427. The Labute approximate surface area is 186 Å². The number of carbonyl (C=O) groups is 1. The molecule has 0 aliphatic carbocycles. The molecule has 0 saturated heterocycles. The second-order valence-electron chi connectivity index (χ2n) is 8.78. The molecule has 2 unspecified atom stereocenters. The second kappa shape index (κ2) is 8.30. The lowest BCUT2D eigenvalue weighted by molar-refractivity contribution is -0.137. The highest BCUT2D eigenvalue weighted by Gasteiger charge is 2.27. The summed E-state index contributed by atoms with van der Waals surface area (Å²) in [6.45, 7) is 10.0. The number of aryl methyl sites for hydroxylation is 3. The average molecular weight is 435 g/mol. The molecule has 2 atom stereocenters. The van der Waals surface area contributed by atoms with Gasteiger partial charge in [-0.3, -0.25) is 13.9 Å². The van der Waals surface area contributed by atoms with E-state index < -0.39 is 12.0 Å². The Kier molecular flexibility index (Phi) is 5.67. The molecule has 4 aromatic rings. The number of carboxylic acid groups (broad SMARTS) is 1.